The molecule has 0 unspecified atom stereocenters. The summed E-state index contributed by atoms with van der Waals surface area (Å²) in [6, 6.07) is 15.5. The number of ether oxygens (including phenoxy) is 1. The zero-order valence-electron chi connectivity index (χ0n) is 15.6. The summed E-state index contributed by atoms with van der Waals surface area (Å²) in [5.41, 5.74) is 2.66. The fourth-order valence-corrected chi connectivity index (χ4v) is 3.89. The summed E-state index contributed by atoms with van der Waals surface area (Å²) in [5, 5.41) is 9.77. The van der Waals surface area contributed by atoms with E-state index in [1.165, 1.54) is 0 Å². The van der Waals surface area contributed by atoms with Crippen molar-refractivity contribution < 1.29 is 14.6 Å². The van der Waals surface area contributed by atoms with Gasteiger partial charge < -0.3 is 14.7 Å². The predicted octanol–water partition coefficient (Wildman–Crippen LogP) is 3.99. The van der Waals surface area contributed by atoms with Gasteiger partial charge >= 0.3 is 0 Å². The highest BCUT2D eigenvalue weighted by Gasteiger charge is 2.35. The van der Waals surface area contributed by atoms with Gasteiger partial charge in [-0.2, -0.15) is 0 Å². The topological polar surface area (TPSA) is 49.8 Å². The fraction of sp³-hybridized carbons (Fsp3) is 0.409. The van der Waals surface area contributed by atoms with Crippen molar-refractivity contribution in [3.8, 4) is 16.9 Å². The minimum absolute atomic E-state index is 0.00178. The van der Waals surface area contributed by atoms with Crippen LogP contribution in [0.3, 0.4) is 0 Å². The second-order valence-electron chi connectivity index (χ2n) is 7.34. The highest BCUT2D eigenvalue weighted by molar-refractivity contribution is 5.94. The van der Waals surface area contributed by atoms with Crippen LogP contribution in [-0.4, -0.2) is 43.2 Å². The first-order valence-corrected chi connectivity index (χ1v) is 9.18. The minimum Gasteiger partial charge on any atom is -0.497 e. The number of rotatable bonds is 6. The summed E-state index contributed by atoms with van der Waals surface area (Å²) in [7, 11) is 3.48. The number of hydrogen-bond donors (Lipinski definition) is 1. The molecule has 1 saturated carbocycles. The van der Waals surface area contributed by atoms with E-state index in [1.807, 2.05) is 55.6 Å². The molecule has 0 aliphatic heterocycles. The second kappa shape index (κ2) is 7.92. The van der Waals surface area contributed by atoms with Crippen LogP contribution in [-0.2, 0) is 0 Å². The van der Waals surface area contributed by atoms with Gasteiger partial charge in [-0.3, -0.25) is 4.79 Å². The molecule has 1 aliphatic carbocycles. The lowest BCUT2D eigenvalue weighted by Gasteiger charge is -2.31. The van der Waals surface area contributed by atoms with Crippen LogP contribution in [0.4, 0.5) is 0 Å². The van der Waals surface area contributed by atoms with E-state index < -0.39 is 0 Å². The third kappa shape index (κ3) is 3.91. The molecule has 1 fully saturated rings. The lowest BCUT2D eigenvalue weighted by molar-refractivity contribution is 0.0595. The molecular weight excluding hydrogens is 326 g/mol. The van der Waals surface area contributed by atoms with Crippen molar-refractivity contribution in [1.82, 2.24) is 4.90 Å². The van der Waals surface area contributed by atoms with Gasteiger partial charge in [0, 0.05) is 24.6 Å². The van der Waals surface area contributed by atoms with Crippen molar-refractivity contribution in [3.63, 3.8) is 0 Å². The summed E-state index contributed by atoms with van der Waals surface area (Å²) in [6.45, 7) is 0.763. The maximum atomic E-state index is 12.8. The van der Waals surface area contributed by atoms with E-state index in [-0.39, 0.29) is 17.9 Å². The number of carbonyl (C=O) groups is 1. The number of carbonyl (C=O) groups excluding carboxylic acids is 1. The summed E-state index contributed by atoms with van der Waals surface area (Å²) in [6.07, 6.45) is 4.27. The van der Waals surface area contributed by atoms with Crippen LogP contribution in [0.2, 0.25) is 0 Å². The molecule has 2 aromatic rings. The average Bonchev–Trinajstić information content (AvgIpc) is 3.16. The maximum Gasteiger partial charge on any atom is 0.253 e. The van der Waals surface area contributed by atoms with Crippen molar-refractivity contribution in [2.75, 3.05) is 27.3 Å². The van der Waals surface area contributed by atoms with Gasteiger partial charge in [0.2, 0.25) is 0 Å². The zero-order valence-corrected chi connectivity index (χ0v) is 15.6. The molecule has 4 heteroatoms. The third-order valence-electron chi connectivity index (χ3n) is 5.45. The van der Waals surface area contributed by atoms with E-state index >= 15 is 0 Å². The smallest absolute Gasteiger partial charge is 0.253 e. The molecule has 0 bridgehead atoms. The molecule has 2 aromatic carbocycles. The van der Waals surface area contributed by atoms with Crippen LogP contribution in [0.15, 0.2) is 48.5 Å². The monoisotopic (exact) mass is 353 g/mol. The van der Waals surface area contributed by atoms with Crippen LogP contribution < -0.4 is 4.74 Å². The van der Waals surface area contributed by atoms with Gasteiger partial charge in [0.25, 0.3) is 5.91 Å². The largest absolute Gasteiger partial charge is 0.497 e. The van der Waals surface area contributed by atoms with Gasteiger partial charge in [0.1, 0.15) is 5.75 Å². The van der Waals surface area contributed by atoms with Crippen LogP contribution >= 0.6 is 0 Å². The summed E-state index contributed by atoms with van der Waals surface area (Å²) < 4.78 is 5.27. The Kier molecular flexibility index (Phi) is 5.62. The van der Waals surface area contributed by atoms with E-state index in [0.717, 1.165) is 42.6 Å². The lowest BCUT2D eigenvalue weighted by Crippen LogP contribution is -2.39. The summed E-state index contributed by atoms with van der Waals surface area (Å²) in [5.74, 6) is 0.815. The average molecular weight is 353 g/mol. The van der Waals surface area contributed by atoms with E-state index in [9.17, 15) is 9.90 Å². The Labute approximate surface area is 155 Å². The van der Waals surface area contributed by atoms with Crippen molar-refractivity contribution in [1.29, 1.82) is 0 Å². The number of hydrogen-bond acceptors (Lipinski definition) is 3. The van der Waals surface area contributed by atoms with E-state index in [1.54, 1.807) is 12.0 Å². The van der Waals surface area contributed by atoms with Crippen LogP contribution in [0, 0.1) is 5.41 Å². The first-order chi connectivity index (χ1) is 12.6. The Morgan fingerprint density at radius 3 is 2.42 bits per heavy atom. The van der Waals surface area contributed by atoms with Gasteiger partial charge in [0.05, 0.1) is 13.7 Å². The Morgan fingerprint density at radius 1 is 1.12 bits per heavy atom. The molecule has 1 aliphatic rings. The third-order valence-corrected chi connectivity index (χ3v) is 5.45. The van der Waals surface area contributed by atoms with Crippen molar-refractivity contribution in [2.24, 2.45) is 5.41 Å². The molecule has 26 heavy (non-hydrogen) atoms. The molecule has 4 nitrogen and oxygen atoms in total. The normalized spacial score (nSPS) is 15.7. The summed E-state index contributed by atoms with van der Waals surface area (Å²) in [4.78, 5) is 14.5. The minimum atomic E-state index is -0.120. The zero-order chi connectivity index (χ0) is 18.6. The van der Waals surface area contributed by atoms with Gasteiger partial charge in [-0.05, 0) is 48.2 Å². The van der Waals surface area contributed by atoms with Gasteiger partial charge in [0.15, 0.2) is 0 Å². The molecule has 138 valence electrons. The Balaban J connectivity index is 1.72. The second-order valence-corrected chi connectivity index (χ2v) is 7.34. The highest BCUT2D eigenvalue weighted by atomic mass is 16.5. The molecule has 1 N–H and O–H groups in total. The van der Waals surface area contributed by atoms with Crippen molar-refractivity contribution in [3.05, 3.63) is 54.1 Å². The van der Waals surface area contributed by atoms with Gasteiger partial charge in [-0.1, -0.05) is 37.1 Å². The van der Waals surface area contributed by atoms with E-state index in [2.05, 4.69) is 0 Å². The van der Waals surface area contributed by atoms with E-state index in [0.29, 0.717) is 12.1 Å². The molecule has 0 aromatic heterocycles. The Hall–Kier alpha value is -2.33. The molecule has 0 heterocycles. The Bertz CT molecular complexity index is 748. The molecule has 0 radical (unpaired) electrons. The number of aliphatic hydroxyl groups is 1. The lowest BCUT2D eigenvalue weighted by atomic mass is 9.86. The number of amides is 1. The van der Waals surface area contributed by atoms with Gasteiger partial charge in [-0.25, -0.2) is 0 Å². The number of nitrogens with zero attached hydrogens (tertiary/aromatic N) is 1. The first-order valence-electron chi connectivity index (χ1n) is 9.18. The quantitative estimate of drug-likeness (QED) is 0.854. The van der Waals surface area contributed by atoms with Crippen molar-refractivity contribution in [2.45, 2.75) is 25.7 Å². The number of aliphatic hydroxyl groups excluding tert-OH is 1. The van der Waals surface area contributed by atoms with Gasteiger partial charge in [-0.15, -0.1) is 0 Å². The SMILES string of the molecule is COc1cccc(-c2ccc(C(=O)N(C)CC3(CO)CCCC3)cc2)c1. The molecule has 0 spiro atoms. The standard InChI is InChI=1S/C22H27NO3/c1-23(15-22(16-24)12-3-4-13-22)21(25)18-10-8-17(9-11-18)19-6-5-7-20(14-19)26-2/h5-11,14,24H,3-4,12-13,15-16H2,1-2H3. The van der Waals surface area contributed by atoms with Crippen LogP contribution in [0.1, 0.15) is 36.0 Å². The first kappa shape index (κ1) is 18.5. The molecule has 0 atom stereocenters. The molecular formula is C22H27NO3. The fourth-order valence-electron chi connectivity index (χ4n) is 3.89. The number of benzene rings is 2. The van der Waals surface area contributed by atoms with Crippen LogP contribution in [0.25, 0.3) is 11.1 Å². The van der Waals surface area contributed by atoms with E-state index in [4.69, 9.17) is 4.74 Å². The summed E-state index contributed by atoms with van der Waals surface area (Å²) >= 11 is 0. The molecule has 1 amide bonds. The number of methoxy groups -OCH3 is 1. The maximum absolute atomic E-state index is 12.8. The molecule has 0 saturated heterocycles. The van der Waals surface area contributed by atoms with Crippen molar-refractivity contribution >= 4 is 5.91 Å². The van der Waals surface area contributed by atoms with Crippen LogP contribution in [0.5, 0.6) is 5.75 Å². The highest BCUT2D eigenvalue weighted by Crippen LogP contribution is 2.38. The predicted molar refractivity (Wildman–Crippen MR) is 103 cm³/mol. The Morgan fingerprint density at radius 2 is 1.81 bits per heavy atom. The molecule has 3 rings (SSSR count).